The Labute approximate surface area is 105 Å². The lowest BCUT2D eigenvalue weighted by atomic mass is 10.1. The van der Waals surface area contributed by atoms with Gasteiger partial charge in [-0.1, -0.05) is 0 Å². The summed E-state index contributed by atoms with van der Waals surface area (Å²) in [7, 11) is 0. The van der Waals surface area contributed by atoms with E-state index in [0.717, 1.165) is 38.1 Å². The third-order valence-electron chi connectivity index (χ3n) is 2.89. The summed E-state index contributed by atoms with van der Waals surface area (Å²) >= 11 is 0. The fourth-order valence-corrected chi connectivity index (χ4v) is 1.90. The summed E-state index contributed by atoms with van der Waals surface area (Å²) in [6.45, 7) is 1.14. The topological polar surface area (TPSA) is 77.2 Å². The van der Waals surface area contributed by atoms with Crippen LogP contribution in [0.25, 0.3) is 0 Å². The summed E-state index contributed by atoms with van der Waals surface area (Å²) in [5, 5.41) is 2.69. The number of halogens is 1. The number of hydrogen-bond donors (Lipinski definition) is 2. The van der Waals surface area contributed by atoms with Gasteiger partial charge in [-0.05, 0) is 25.3 Å². The number of carbonyl (C=O) groups excluding carboxylic acids is 1. The van der Waals surface area contributed by atoms with Crippen molar-refractivity contribution in [2.45, 2.75) is 25.4 Å². The Hall–Kier alpha value is -1.69. The molecule has 1 aromatic rings. The first-order valence-electron chi connectivity index (χ1n) is 5.97. The number of nitrogens with zero attached hydrogens (tertiary/aromatic N) is 1. The lowest BCUT2D eigenvalue weighted by Gasteiger charge is -2.22. The fourth-order valence-electron chi connectivity index (χ4n) is 1.90. The molecule has 1 aliphatic heterocycles. The maximum absolute atomic E-state index is 13.0. The number of aromatic nitrogens is 1. The van der Waals surface area contributed by atoms with Crippen molar-refractivity contribution < 1.29 is 13.9 Å². The predicted octanol–water partition coefficient (Wildman–Crippen LogP) is 1.10. The Morgan fingerprint density at radius 2 is 2.44 bits per heavy atom. The molecule has 6 heteroatoms. The molecule has 1 atom stereocenters. The second-order valence-corrected chi connectivity index (χ2v) is 4.28. The molecule has 5 nitrogen and oxygen atoms in total. The number of nitrogens with two attached hydrogens (primary N) is 1. The van der Waals surface area contributed by atoms with E-state index in [1.807, 2.05) is 0 Å². The first kappa shape index (κ1) is 12.8. The van der Waals surface area contributed by atoms with E-state index in [9.17, 15) is 9.18 Å². The van der Waals surface area contributed by atoms with Crippen LogP contribution in [0.5, 0.6) is 0 Å². The van der Waals surface area contributed by atoms with Gasteiger partial charge < -0.3 is 15.8 Å². The Morgan fingerprint density at radius 1 is 1.61 bits per heavy atom. The number of rotatable bonds is 3. The number of amides is 1. The summed E-state index contributed by atoms with van der Waals surface area (Å²) in [5.74, 6) is -0.976. The molecule has 2 rings (SSSR count). The van der Waals surface area contributed by atoms with E-state index in [0.29, 0.717) is 6.54 Å². The van der Waals surface area contributed by atoms with Crippen LogP contribution in [0.3, 0.4) is 0 Å². The van der Waals surface area contributed by atoms with Gasteiger partial charge in [-0.2, -0.15) is 0 Å². The van der Waals surface area contributed by atoms with Crippen molar-refractivity contribution in [3.63, 3.8) is 0 Å². The largest absolute Gasteiger partial charge is 0.383 e. The highest BCUT2D eigenvalue weighted by Crippen LogP contribution is 2.13. The normalized spacial score (nSPS) is 19.5. The molecule has 0 bridgehead atoms. The SMILES string of the molecule is Nc1ncc(F)cc1C(=O)NCC1CCCCO1. The van der Waals surface area contributed by atoms with Crippen molar-refractivity contribution in [2.75, 3.05) is 18.9 Å². The van der Waals surface area contributed by atoms with Crippen LogP contribution in [-0.4, -0.2) is 30.1 Å². The average Bonchev–Trinajstić information content (AvgIpc) is 2.40. The van der Waals surface area contributed by atoms with Crippen molar-refractivity contribution in [3.8, 4) is 0 Å². The minimum atomic E-state index is -0.580. The summed E-state index contributed by atoms with van der Waals surface area (Å²) in [6.07, 6.45) is 4.11. The van der Waals surface area contributed by atoms with E-state index in [1.165, 1.54) is 0 Å². The second kappa shape index (κ2) is 5.77. The zero-order valence-electron chi connectivity index (χ0n) is 9.99. The highest BCUT2D eigenvalue weighted by atomic mass is 19.1. The predicted molar refractivity (Wildman–Crippen MR) is 64.5 cm³/mol. The van der Waals surface area contributed by atoms with Crippen molar-refractivity contribution in [1.29, 1.82) is 0 Å². The maximum Gasteiger partial charge on any atom is 0.255 e. The molecular formula is C12H16FN3O2. The van der Waals surface area contributed by atoms with Crippen LogP contribution in [0.4, 0.5) is 10.2 Å². The average molecular weight is 253 g/mol. The third-order valence-corrected chi connectivity index (χ3v) is 2.89. The van der Waals surface area contributed by atoms with Gasteiger partial charge in [0.25, 0.3) is 5.91 Å². The first-order chi connectivity index (χ1) is 8.66. The molecule has 1 aromatic heterocycles. The van der Waals surface area contributed by atoms with Crippen LogP contribution < -0.4 is 11.1 Å². The number of pyridine rings is 1. The molecule has 3 N–H and O–H groups in total. The monoisotopic (exact) mass is 253 g/mol. The van der Waals surface area contributed by atoms with Crippen molar-refractivity contribution in [1.82, 2.24) is 10.3 Å². The van der Waals surface area contributed by atoms with E-state index in [-0.39, 0.29) is 17.5 Å². The minimum Gasteiger partial charge on any atom is -0.383 e. The van der Waals surface area contributed by atoms with E-state index in [2.05, 4.69) is 10.3 Å². The fraction of sp³-hybridized carbons (Fsp3) is 0.500. The molecule has 0 spiro atoms. The van der Waals surface area contributed by atoms with Gasteiger partial charge in [0, 0.05) is 13.2 Å². The second-order valence-electron chi connectivity index (χ2n) is 4.28. The standard InChI is InChI=1S/C12H16FN3O2/c13-8-5-10(11(14)15-6-8)12(17)16-7-9-3-1-2-4-18-9/h5-6,9H,1-4,7H2,(H2,14,15)(H,16,17). The summed E-state index contributed by atoms with van der Waals surface area (Å²) in [4.78, 5) is 15.4. The molecule has 1 aliphatic rings. The van der Waals surface area contributed by atoms with E-state index >= 15 is 0 Å². The van der Waals surface area contributed by atoms with E-state index in [4.69, 9.17) is 10.5 Å². The van der Waals surface area contributed by atoms with Crippen LogP contribution in [-0.2, 0) is 4.74 Å². The van der Waals surface area contributed by atoms with Crippen LogP contribution in [0, 0.1) is 5.82 Å². The van der Waals surface area contributed by atoms with Crippen LogP contribution >= 0.6 is 0 Å². The molecule has 0 saturated carbocycles. The lowest BCUT2D eigenvalue weighted by molar-refractivity contribution is 0.0169. The van der Waals surface area contributed by atoms with Crippen molar-refractivity contribution in [2.24, 2.45) is 0 Å². The van der Waals surface area contributed by atoms with Crippen LogP contribution in [0.1, 0.15) is 29.6 Å². The number of anilines is 1. The molecular weight excluding hydrogens is 237 g/mol. The highest BCUT2D eigenvalue weighted by Gasteiger charge is 2.17. The van der Waals surface area contributed by atoms with Gasteiger partial charge in [0.05, 0.1) is 17.9 Å². The van der Waals surface area contributed by atoms with E-state index < -0.39 is 11.7 Å². The number of nitrogen functional groups attached to an aromatic ring is 1. The molecule has 0 aromatic carbocycles. The Bertz CT molecular complexity index is 433. The molecule has 1 unspecified atom stereocenters. The van der Waals surface area contributed by atoms with Gasteiger partial charge in [-0.3, -0.25) is 4.79 Å². The number of carbonyl (C=O) groups is 1. The zero-order valence-corrected chi connectivity index (χ0v) is 9.99. The molecule has 0 aliphatic carbocycles. The third kappa shape index (κ3) is 3.16. The molecule has 1 amide bonds. The Balaban J connectivity index is 1.92. The zero-order chi connectivity index (χ0) is 13.0. The number of hydrogen-bond acceptors (Lipinski definition) is 4. The lowest BCUT2D eigenvalue weighted by Crippen LogP contribution is -2.35. The smallest absolute Gasteiger partial charge is 0.255 e. The van der Waals surface area contributed by atoms with Crippen molar-refractivity contribution in [3.05, 3.63) is 23.6 Å². The molecule has 0 radical (unpaired) electrons. The highest BCUT2D eigenvalue weighted by molar-refractivity contribution is 5.98. The van der Waals surface area contributed by atoms with Crippen molar-refractivity contribution >= 4 is 11.7 Å². The molecule has 18 heavy (non-hydrogen) atoms. The van der Waals surface area contributed by atoms with Gasteiger partial charge >= 0.3 is 0 Å². The Kier molecular flexibility index (Phi) is 4.09. The van der Waals surface area contributed by atoms with Gasteiger partial charge in [0.2, 0.25) is 0 Å². The minimum absolute atomic E-state index is 0.0264. The molecule has 1 fully saturated rings. The molecule has 2 heterocycles. The first-order valence-corrected chi connectivity index (χ1v) is 5.97. The maximum atomic E-state index is 13.0. The summed E-state index contributed by atoms with van der Waals surface area (Å²) < 4.78 is 18.5. The quantitative estimate of drug-likeness (QED) is 0.845. The summed E-state index contributed by atoms with van der Waals surface area (Å²) in [5.41, 5.74) is 5.59. The number of nitrogens with one attached hydrogen (secondary N) is 1. The van der Waals surface area contributed by atoms with Gasteiger partial charge in [0.15, 0.2) is 0 Å². The van der Waals surface area contributed by atoms with Gasteiger partial charge in [-0.15, -0.1) is 0 Å². The number of ether oxygens (including phenoxy) is 1. The van der Waals surface area contributed by atoms with Crippen LogP contribution in [0.2, 0.25) is 0 Å². The van der Waals surface area contributed by atoms with Gasteiger partial charge in [0.1, 0.15) is 11.6 Å². The molecule has 1 saturated heterocycles. The summed E-state index contributed by atoms with van der Waals surface area (Å²) in [6, 6.07) is 1.08. The van der Waals surface area contributed by atoms with E-state index in [1.54, 1.807) is 0 Å². The van der Waals surface area contributed by atoms with Gasteiger partial charge in [-0.25, -0.2) is 9.37 Å². The molecule has 98 valence electrons. The Morgan fingerprint density at radius 3 is 3.17 bits per heavy atom. The van der Waals surface area contributed by atoms with Crippen LogP contribution in [0.15, 0.2) is 12.3 Å².